The van der Waals surface area contributed by atoms with Crippen LogP contribution in [0.15, 0.2) is 54.7 Å². The number of nitrogens with zero attached hydrogens (tertiary/aromatic N) is 2. The maximum atomic E-state index is 12.9. The molecule has 1 atom stereocenters. The van der Waals surface area contributed by atoms with E-state index >= 15 is 0 Å². The van der Waals surface area contributed by atoms with Crippen LogP contribution >= 0.6 is 0 Å². The largest absolute Gasteiger partial charge is 0.336 e. The lowest BCUT2D eigenvalue weighted by Crippen LogP contribution is -2.39. The highest BCUT2D eigenvalue weighted by Gasteiger charge is 2.29. The maximum Gasteiger partial charge on any atom is 0.243 e. The summed E-state index contributed by atoms with van der Waals surface area (Å²) in [6, 6.07) is 15.0. The molecule has 0 aliphatic carbocycles. The van der Waals surface area contributed by atoms with Gasteiger partial charge in [0.15, 0.2) is 0 Å². The Hall–Kier alpha value is -3.41. The highest BCUT2D eigenvalue weighted by molar-refractivity contribution is 5.95. The van der Waals surface area contributed by atoms with Crippen LogP contribution in [0.1, 0.15) is 43.0 Å². The van der Waals surface area contributed by atoms with Gasteiger partial charge in [0.1, 0.15) is 0 Å². The number of carbonyl (C=O) groups excluding carboxylic acids is 3. The summed E-state index contributed by atoms with van der Waals surface area (Å²) in [7, 11) is 1.61. The fourth-order valence-corrected chi connectivity index (χ4v) is 3.68. The van der Waals surface area contributed by atoms with Gasteiger partial charge in [-0.2, -0.15) is 0 Å². The van der Waals surface area contributed by atoms with Crippen molar-refractivity contribution in [2.24, 2.45) is 0 Å². The van der Waals surface area contributed by atoms with E-state index in [0.717, 1.165) is 28.8 Å². The number of nitrogens with one attached hydrogen (secondary N) is 1. The summed E-state index contributed by atoms with van der Waals surface area (Å²) < 4.78 is 0. The number of likely N-dealkylation sites (N-methyl/N-ethyl adjacent to an activating group) is 1. The van der Waals surface area contributed by atoms with Crippen LogP contribution in [0.2, 0.25) is 0 Å². The second kappa shape index (κ2) is 9.39. The van der Waals surface area contributed by atoms with E-state index < -0.39 is 0 Å². The molecule has 0 saturated heterocycles. The molecule has 1 aliphatic heterocycles. The monoisotopic (exact) mass is 405 g/mol. The molecule has 156 valence electrons. The van der Waals surface area contributed by atoms with Crippen molar-refractivity contribution in [2.45, 2.75) is 32.7 Å². The molecule has 2 aromatic rings. The lowest BCUT2D eigenvalue weighted by atomic mass is 9.93. The van der Waals surface area contributed by atoms with Crippen molar-refractivity contribution in [2.75, 3.05) is 18.9 Å². The minimum absolute atomic E-state index is 0.0544. The van der Waals surface area contributed by atoms with Crippen molar-refractivity contribution in [1.29, 1.82) is 0 Å². The number of benzene rings is 2. The summed E-state index contributed by atoms with van der Waals surface area (Å²) in [5.74, 6) is -0.579. The van der Waals surface area contributed by atoms with E-state index in [1.165, 1.54) is 11.8 Å². The van der Waals surface area contributed by atoms with Crippen molar-refractivity contribution in [3.05, 3.63) is 71.4 Å². The molecule has 0 fully saturated rings. The molecule has 30 heavy (non-hydrogen) atoms. The van der Waals surface area contributed by atoms with Crippen LogP contribution in [0.3, 0.4) is 0 Å². The Balaban J connectivity index is 1.67. The topological polar surface area (TPSA) is 69.7 Å². The van der Waals surface area contributed by atoms with Crippen molar-refractivity contribution in [3.8, 4) is 0 Å². The summed E-state index contributed by atoms with van der Waals surface area (Å²) >= 11 is 0. The van der Waals surface area contributed by atoms with E-state index in [2.05, 4.69) is 5.32 Å². The summed E-state index contributed by atoms with van der Waals surface area (Å²) in [4.78, 5) is 40.4. The van der Waals surface area contributed by atoms with Crippen molar-refractivity contribution < 1.29 is 14.4 Å². The molecule has 3 rings (SSSR count). The minimum atomic E-state index is -0.387. The molecule has 0 radical (unpaired) electrons. The van der Waals surface area contributed by atoms with Gasteiger partial charge in [-0.3, -0.25) is 14.4 Å². The third-order valence-corrected chi connectivity index (χ3v) is 5.32. The van der Waals surface area contributed by atoms with Gasteiger partial charge < -0.3 is 15.1 Å². The number of rotatable bonds is 6. The molecule has 1 aliphatic rings. The second-order valence-corrected chi connectivity index (χ2v) is 7.40. The molecule has 6 heteroatoms. The van der Waals surface area contributed by atoms with Gasteiger partial charge in [0.05, 0.1) is 19.0 Å². The molecule has 3 amide bonds. The smallest absolute Gasteiger partial charge is 0.243 e. The molecule has 0 aromatic heterocycles. The molecule has 0 saturated carbocycles. The maximum absolute atomic E-state index is 12.9. The number of hydrogen-bond acceptors (Lipinski definition) is 3. The average molecular weight is 405 g/mol. The second-order valence-electron chi connectivity index (χ2n) is 7.40. The molecule has 1 unspecified atom stereocenters. The predicted octanol–water partition coefficient (Wildman–Crippen LogP) is 3.61. The van der Waals surface area contributed by atoms with Crippen LogP contribution in [-0.2, 0) is 20.8 Å². The third kappa shape index (κ3) is 4.76. The number of anilines is 1. The number of carbonyl (C=O) groups is 3. The van der Waals surface area contributed by atoms with Gasteiger partial charge in [-0.25, -0.2) is 0 Å². The summed E-state index contributed by atoms with van der Waals surface area (Å²) in [6.45, 7) is 3.46. The van der Waals surface area contributed by atoms with Gasteiger partial charge in [-0.05, 0) is 35.3 Å². The fourth-order valence-electron chi connectivity index (χ4n) is 3.68. The lowest BCUT2D eigenvalue weighted by molar-refractivity contribution is -0.136. The third-order valence-electron chi connectivity index (χ3n) is 5.32. The van der Waals surface area contributed by atoms with E-state index in [4.69, 9.17) is 0 Å². The first kappa shape index (κ1) is 21.3. The number of amides is 3. The highest BCUT2D eigenvalue weighted by atomic mass is 16.2. The minimum Gasteiger partial charge on any atom is -0.336 e. The molecule has 0 bridgehead atoms. The van der Waals surface area contributed by atoms with Gasteiger partial charge in [0.25, 0.3) is 0 Å². The van der Waals surface area contributed by atoms with E-state index in [1.807, 2.05) is 61.5 Å². The van der Waals surface area contributed by atoms with Gasteiger partial charge >= 0.3 is 0 Å². The Morgan fingerprint density at radius 1 is 1.07 bits per heavy atom. The Morgan fingerprint density at radius 2 is 1.77 bits per heavy atom. The van der Waals surface area contributed by atoms with Gasteiger partial charge in [0, 0.05) is 25.9 Å². The lowest BCUT2D eigenvalue weighted by Gasteiger charge is -2.33. The van der Waals surface area contributed by atoms with Crippen LogP contribution in [0.25, 0.3) is 6.08 Å². The predicted molar refractivity (Wildman–Crippen MR) is 117 cm³/mol. The Kier molecular flexibility index (Phi) is 6.67. The molecular formula is C24H27N3O3. The highest BCUT2D eigenvalue weighted by Crippen LogP contribution is 2.33. The van der Waals surface area contributed by atoms with Crippen molar-refractivity contribution in [1.82, 2.24) is 9.80 Å². The van der Waals surface area contributed by atoms with Crippen molar-refractivity contribution >= 4 is 29.5 Å². The zero-order chi connectivity index (χ0) is 21.7. The fraction of sp³-hybridized carbons (Fsp3) is 0.292. The van der Waals surface area contributed by atoms with Gasteiger partial charge in [-0.15, -0.1) is 0 Å². The normalized spacial score (nSPS) is 14.8. The first-order valence-electron chi connectivity index (χ1n) is 10.1. The summed E-state index contributed by atoms with van der Waals surface area (Å²) in [6.07, 6.45) is 4.51. The van der Waals surface area contributed by atoms with E-state index in [-0.39, 0.29) is 36.7 Å². The number of aryl methyl sites for hydroxylation is 1. The van der Waals surface area contributed by atoms with Crippen LogP contribution in [-0.4, -0.2) is 41.1 Å². The number of fused-ring (bicyclic) bond motifs is 1. The molecule has 1 N–H and O–H groups in total. The first-order chi connectivity index (χ1) is 14.4. The van der Waals surface area contributed by atoms with E-state index in [1.54, 1.807) is 18.1 Å². The zero-order valence-corrected chi connectivity index (χ0v) is 17.6. The van der Waals surface area contributed by atoms with E-state index in [0.29, 0.717) is 0 Å². The first-order valence-corrected chi connectivity index (χ1v) is 10.1. The molecule has 1 heterocycles. The quantitative estimate of drug-likeness (QED) is 0.798. The van der Waals surface area contributed by atoms with E-state index in [9.17, 15) is 14.4 Å². The van der Waals surface area contributed by atoms with Crippen LogP contribution in [0.5, 0.6) is 0 Å². The van der Waals surface area contributed by atoms with Gasteiger partial charge in [-0.1, -0.05) is 49.4 Å². The number of para-hydroxylation sites is 1. The van der Waals surface area contributed by atoms with Crippen molar-refractivity contribution in [3.63, 3.8) is 0 Å². The summed E-state index contributed by atoms with van der Waals surface area (Å²) in [5.41, 5.74) is 3.73. The molecule has 0 spiro atoms. The Bertz CT molecular complexity index is 983. The summed E-state index contributed by atoms with van der Waals surface area (Å²) in [5, 5.41) is 2.88. The molecular weight excluding hydrogens is 378 g/mol. The van der Waals surface area contributed by atoms with Crippen LogP contribution < -0.4 is 5.32 Å². The Labute approximate surface area is 177 Å². The number of hydrogen-bond donors (Lipinski definition) is 1. The molecule has 6 nitrogen and oxygen atoms in total. The standard InChI is InChI=1S/C24H27N3O3/c1-4-18-9-6-8-12-21(18)25-23(29)16-26(3)24(30)15-22-20-11-7-5-10-19(20)13-14-27(22)17(2)28/h5-14,22H,4,15-16H2,1-3H3,(H,25,29). The van der Waals surface area contributed by atoms with Crippen LogP contribution in [0, 0.1) is 0 Å². The molecule has 2 aromatic carbocycles. The Morgan fingerprint density at radius 3 is 2.50 bits per heavy atom. The zero-order valence-electron chi connectivity index (χ0n) is 17.6. The van der Waals surface area contributed by atoms with Crippen LogP contribution in [0.4, 0.5) is 5.69 Å². The SMILES string of the molecule is CCc1ccccc1NC(=O)CN(C)C(=O)CC1c2ccccc2C=CN1C(C)=O. The van der Waals surface area contributed by atoms with Gasteiger partial charge in [0.2, 0.25) is 17.7 Å². The average Bonchev–Trinajstić information content (AvgIpc) is 2.73.